The minimum Gasteiger partial charge on any atom is -0.481 e. The van der Waals surface area contributed by atoms with Gasteiger partial charge in [-0.25, -0.2) is 4.79 Å². The average molecular weight is 520 g/mol. The standard InChI is InChI=1S/C30H33NO5S/c1-36-30(35)27(21-37-20-24-15-9-4-10-16-24)31-28(32)25(17-22-11-5-2-6-12-22)19-26(29(33)34)18-23-13-7-3-8-14-23/h2-16,25-27H,17-21H2,1H3,(H,31,32)(H,33,34)/t25-,26-,27+/m1/s1. The van der Waals surface area contributed by atoms with Gasteiger partial charge in [-0.15, -0.1) is 0 Å². The molecule has 0 saturated carbocycles. The molecule has 3 aromatic carbocycles. The Labute approximate surface area is 222 Å². The van der Waals surface area contributed by atoms with Crippen LogP contribution in [0.3, 0.4) is 0 Å². The lowest BCUT2D eigenvalue weighted by molar-refractivity contribution is -0.146. The molecule has 0 heterocycles. The summed E-state index contributed by atoms with van der Waals surface area (Å²) in [6.07, 6.45) is 0.842. The van der Waals surface area contributed by atoms with E-state index in [1.54, 1.807) is 0 Å². The maximum atomic E-state index is 13.5. The number of amides is 1. The van der Waals surface area contributed by atoms with Gasteiger partial charge in [0.2, 0.25) is 5.91 Å². The van der Waals surface area contributed by atoms with Crippen LogP contribution in [0.5, 0.6) is 0 Å². The molecule has 7 heteroatoms. The molecule has 1 amide bonds. The summed E-state index contributed by atoms with van der Waals surface area (Å²) in [5, 5.41) is 12.8. The van der Waals surface area contributed by atoms with Gasteiger partial charge in [0.25, 0.3) is 0 Å². The minimum atomic E-state index is -0.947. The number of benzene rings is 3. The molecule has 0 aromatic heterocycles. The number of thioether (sulfide) groups is 1. The summed E-state index contributed by atoms with van der Waals surface area (Å²) in [4.78, 5) is 38.2. The first-order valence-electron chi connectivity index (χ1n) is 12.3. The molecule has 0 saturated heterocycles. The number of carbonyl (C=O) groups excluding carboxylic acids is 2. The zero-order chi connectivity index (χ0) is 26.5. The number of hydrogen-bond donors (Lipinski definition) is 2. The Morgan fingerprint density at radius 2 is 1.27 bits per heavy atom. The molecule has 0 radical (unpaired) electrons. The number of nitrogens with one attached hydrogen (secondary N) is 1. The van der Waals surface area contributed by atoms with Gasteiger partial charge in [-0.3, -0.25) is 9.59 Å². The Hall–Kier alpha value is -3.58. The predicted molar refractivity (Wildman–Crippen MR) is 146 cm³/mol. The smallest absolute Gasteiger partial charge is 0.329 e. The zero-order valence-electron chi connectivity index (χ0n) is 20.9. The first kappa shape index (κ1) is 28.0. The number of esters is 1. The molecule has 0 fully saturated rings. The molecule has 0 bridgehead atoms. The fourth-order valence-corrected chi connectivity index (χ4v) is 5.17. The van der Waals surface area contributed by atoms with Gasteiger partial charge >= 0.3 is 11.9 Å². The molecule has 0 aliphatic rings. The van der Waals surface area contributed by atoms with Crippen molar-refractivity contribution < 1.29 is 24.2 Å². The minimum absolute atomic E-state index is 0.149. The molecule has 37 heavy (non-hydrogen) atoms. The van der Waals surface area contributed by atoms with Crippen LogP contribution in [0, 0.1) is 11.8 Å². The summed E-state index contributed by atoms with van der Waals surface area (Å²) < 4.78 is 4.95. The van der Waals surface area contributed by atoms with E-state index in [9.17, 15) is 19.5 Å². The lowest BCUT2D eigenvalue weighted by Gasteiger charge is -2.24. The fourth-order valence-electron chi connectivity index (χ4n) is 4.16. The van der Waals surface area contributed by atoms with E-state index in [1.165, 1.54) is 18.9 Å². The number of ether oxygens (including phenoxy) is 1. The summed E-state index contributed by atoms with van der Waals surface area (Å²) in [6, 6.07) is 28.0. The van der Waals surface area contributed by atoms with Crippen LogP contribution in [0.2, 0.25) is 0 Å². The first-order chi connectivity index (χ1) is 18.0. The van der Waals surface area contributed by atoms with Gasteiger partial charge < -0.3 is 15.2 Å². The molecule has 0 aliphatic carbocycles. The first-order valence-corrected chi connectivity index (χ1v) is 13.4. The van der Waals surface area contributed by atoms with Crippen molar-refractivity contribution in [1.29, 1.82) is 0 Å². The van der Waals surface area contributed by atoms with E-state index in [0.29, 0.717) is 24.3 Å². The van der Waals surface area contributed by atoms with Crippen LogP contribution in [0.15, 0.2) is 91.0 Å². The predicted octanol–water partition coefficient (Wildman–Crippen LogP) is 4.77. The highest BCUT2D eigenvalue weighted by Crippen LogP contribution is 2.23. The van der Waals surface area contributed by atoms with Crippen LogP contribution in [0.1, 0.15) is 23.1 Å². The van der Waals surface area contributed by atoms with Crippen LogP contribution in [-0.4, -0.2) is 41.9 Å². The van der Waals surface area contributed by atoms with Gasteiger partial charge in [-0.2, -0.15) is 11.8 Å². The van der Waals surface area contributed by atoms with Gasteiger partial charge in [0.05, 0.1) is 13.0 Å². The van der Waals surface area contributed by atoms with Crippen molar-refractivity contribution in [2.24, 2.45) is 11.8 Å². The third kappa shape index (κ3) is 9.42. The molecule has 3 aromatic rings. The Kier molecular flexibility index (Phi) is 11.2. The quantitative estimate of drug-likeness (QED) is 0.298. The Balaban J connectivity index is 1.73. The van der Waals surface area contributed by atoms with Gasteiger partial charge in [-0.05, 0) is 36.0 Å². The second-order valence-corrected chi connectivity index (χ2v) is 9.96. The SMILES string of the molecule is COC(=O)[C@H](CSCc1ccccc1)NC(=O)[C@H](Cc1ccccc1)C[C@@H](Cc1ccccc1)C(=O)O. The van der Waals surface area contributed by atoms with Crippen LogP contribution in [-0.2, 0) is 37.7 Å². The van der Waals surface area contributed by atoms with E-state index in [0.717, 1.165) is 16.7 Å². The topological polar surface area (TPSA) is 92.7 Å². The molecule has 3 atom stereocenters. The highest BCUT2D eigenvalue weighted by atomic mass is 32.2. The lowest BCUT2D eigenvalue weighted by Crippen LogP contribution is -2.46. The van der Waals surface area contributed by atoms with E-state index < -0.39 is 29.8 Å². The number of hydrogen-bond acceptors (Lipinski definition) is 5. The zero-order valence-corrected chi connectivity index (χ0v) is 21.7. The van der Waals surface area contributed by atoms with Crippen LogP contribution >= 0.6 is 11.8 Å². The summed E-state index contributed by atoms with van der Waals surface area (Å²) >= 11 is 1.53. The van der Waals surface area contributed by atoms with Crippen LogP contribution in [0.4, 0.5) is 0 Å². The number of methoxy groups -OCH3 is 1. The van der Waals surface area contributed by atoms with E-state index in [4.69, 9.17) is 4.74 Å². The van der Waals surface area contributed by atoms with E-state index in [2.05, 4.69) is 5.32 Å². The summed E-state index contributed by atoms with van der Waals surface area (Å²) in [7, 11) is 1.30. The summed E-state index contributed by atoms with van der Waals surface area (Å²) in [5.74, 6) is -2.15. The highest BCUT2D eigenvalue weighted by molar-refractivity contribution is 7.98. The maximum absolute atomic E-state index is 13.5. The molecule has 194 valence electrons. The van der Waals surface area contributed by atoms with E-state index >= 15 is 0 Å². The Bertz CT molecular complexity index is 1120. The van der Waals surface area contributed by atoms with Crippen molar-refractivity contribution in [3.8, 4) is 0 Å². The number of carboxylic acids is 1. The van der Waals surface area contributed by atoms with E-state index in [1.807, 2.05) is 91.0 Å². The normalized spacial score (nSPS) is 13.2. The molecular formula is C30H33NO5S. The largest absolute Gasteiger partial charge is 0.481 e. The van der Waals surface area contributed by atoms with Gasteiger partial charge in [0.1, 0.15) is 6.04 Å². The average Bonchev–Trinajstić information content (AvgIpc) is 2.92. The third-order valence-electron chi connectivity index (χ3n) is 6.14. The molecular weight excluding hydrogens is 486 g/mol. The molecule has 0 aliphatic heterocycles. The summed E-state index contributed by atoms with van der Waals surface area (Å²) in [5.41, 5.74) is 2.95. The van der Waals surface area contributed by atoms with Crippen LogP contribution < -0.4 is 5.32 Å². The van der Waals surface area contributed by atoms with Crippen molar-refractivity contribution in [3.05, 3.63) is 108 Å². The maximum Gasteiger partial charge on any atom is 0.329 e. The van der Waals surface area contributed by atoms with Gasteiger partial charge in [0.15, 0.2) is 0 Å². The van der Waals surface area contributed by atoms with Crippen molar-refractivity contribution >= 4 is 29.6 Å². The third-order valence-corrected chi connectivity index (χ3v) is 7.24. The Morgan fingerprint density at radius 1 is 0.784 bits per heavy atom. The molecule has 6 nitrogen and oxygen atoms in total. The van der Waals surface area contributed by atoms with Gasteiger partial charge in [-0.1, -0.05) is 91.0 Å². The van der Waals surface area contributed by atoms with Crippen LogP contribution in [0.25, 0.3) is 0 Å². The van der Waals surface area contributed by atoms with Gasteiger partial charge in [0, 0.05) is 17.4 Å². The number of carboxylic acid groups (broad SMARTS) is 1. The molecule has 2 N–H and O–H groups in total. The Morgan fingerprint density at radius 3 is 1.76 bits per heavy atom. The van der Waals surface area contributed by atoms with Crippen molar-refractivity contribution in [1.82, 2.24) is 5.32 Å². The lowest BCUT2D eigenvalue weighted by atomic mass is 9.85. The second-order valence-electron chi connectivity index (χ2n) is 8.93. The van der Waals surface area contributed by atoms with Crippen molar-refractivity contribution in [3.63, 3.8) is 0 Å². The van der Waals surface area contributed by atoms with Crippen molar-refractivity contribution in [2.75, 3.05) is 12.9 Å². The molecule has 0 spiro atoms. The molecule has 0 unspecified atom stereocenters. The number of rotatable bonds is 14. The highest BCUT2D eigenvalue weighted by Gasteiger charge is 2.31. The number of aliphatic carboxylic acids is 1. The number of carbonyl (C=O) groups is 3. The second kappa shape index (κ2) is 14.9. The summed E-state index contributed by atoms with van der Waals surface area (Å²) in [6.45, 7) is 0. The monoisotopic (exact) mass is 519 g/mol. The van der Waals surface area contributed by atoms with Crippen molar-refractivity contribution in [2.45, 2.75) is 31.1 Å². The van der Waals surface area contributed by atoms with E-state index in [-0.39, 0.29) is 12.3 Å². The molecule has 3 rings (SSSR count). The fraction of sp³-hybridized carbons (Fsp3) is 0.300.